The molecule has 1 aromatic rings. The second-order valence-corrected chi connectivity index (χ2v) is 5.23. The number of carboxylic acid groups (broad SMARTS) is 1. The molecule has 6 heteroatoms. The number of carbonyl (C=O) groups is 2. The number of aliphatic carboxylic acids is 1. The van der Waals surface area contributed by atoms with Gasteiger partial charge in [-0.2, -0.15) is 0 Å². The van der Waals surface area contributed by atoms with Gasteiger partial charge in [-0.15, -0.1) is 0 Å². The van der Waals surface area contributed by atoms with Gasteiger partial charge < -0.3 is 16.2 Å². The first-order valence-corrected chi connectivity index (χ1v) is 6.48. The summed E-state index contributed by atoms with van der Waals surface area (Å²) in [7, 11) is 0. The molecule has 1 rings (SSSR count). The molecule has 1 amide bonds. The van der Waals surface area contributed by atoms with Crippen LogP contribution in [-0.2, 0) is 4.79 Å². The minimum Gasteiger partial charge on any atom is -0.481 e. The summed E-state index contributed by atoms with van der Waals surface area (Å²) in [6.45, 7) is 7.36. The number of nitrogens with zero attached hydrogens (tertiary/aromatic N) is 1. The van der Waals surface area contributed by atoms with E-state index in [-0.39, 0.29) is 18.4 Å². The number of primary amides is 1. The van der Waals surface area contributed by atoms with Crippen molar-refractivity contribution in [3.63, 3.8) is 0 Å². The zero-order chi connectivity index (χ0) is 15.4. The lowest BCUT2D eigenvalue weighted by atomic mass is 9.99. The van der Waals surface area contributed by atoms with Gasteiger partial charge in [0.1, 0.15) is 0 Å². The molecular formula is C14H21N3O3. The Hall–Kier alpha value is -2.11. The van der Waals surface area contributed by atoms with Gasteiger partial charge in [-0.3, -0.25) is 14.6 Å². The highest BCUT2D eigenvalue weighted by atomic mass is 16.4. The molecular weight excluding hydrogens is 258 g/mol. The zero-order valence-electron chi connectivity index (χ0n) is 12.2. The largest absolute Gasteiger partial charge is 0.481 e. The van der Waals surface area contributed by atoms with Crippen molar-refractivity contribution in [2.45, 2.75) is 40.2 Å². The summed E-state index contributed by atoms with van der Waals surface area (Å²) in [5, 5.41) is 12.1. The maximum Gasteiger partial charge on any atom is 0.305 e. The Labute approximate surface area is 118 Å². The third kappa shape index (κ3) is 3.94. The van der Waals surface area contributed by atoms with E-state index in [0.29, 0.717) is 16.9 Å². The van der Waals surface area contributed by atoms with E-state index in [9.17, 15) is 9.59 Å². The van der Waals surface area contributed by atoms with Crippen molar-refractivity contribution in [3.8, 4) is 0 Å². The first kappa shape index (κ1) is 15.9. The summed E-state index contributed by atoms with van der Waals surface area (Å²) < 4.78 is 0. The van der Waals surface area contributed by atoms with Gasteiger partial charge in [-0.1, -0.05) is 13.8 Å². The number of hydrogen-bond donors (Lipinski definition) is 3. The van der Waals surface area contributed by atoms with Crippen molar-refractivity contribution in [2.75, 3.05) is 5.32 Å². The average Bonchev–Trinajstić information content (AvgIpc) is 2.25. The first-order chi connectivity index (χ1) is 9.22. The van der Waals surface area contributed by atoms with Gasteiger partial charge in [0.2, 0.25) is 0 Å². The lowest BCUT2D eigenvalue weighted by molar-refractivity contribution is -0.137. The molecule has 0 spiro atoms. The zero-order valence-corrected chi connectivity index (χ0v) is 12.2. The molecule has 1 atom stereocenters. The van der Waals surface area contributed by atoms with Crippen LogP contribution >= 0.6 is 0 Å². The van der Waals surface area contributed by atoms with E-state index in [1.54, 1.807) is 13.0 Å². The molecule has 0 aliphatic carbocycles. The minimum atomic E-state index is -0.890. The molecule has 1 unspecified atom stereocenters. The van der Waals surface area contributed by atoms with Crippen LogP contribution in [0, 0.1) is 19.8 Å². The summed E-state index contributed by atoms with van der Waals surface area (Å²) >= 11 is 0. The van der Waals surface area contributed by atoms with Gasteiger partial charge >= 0.3 is 5.97 Å². The Morgan fingerprint density at radius 1 is 1.40 bits per heavy atom. The van der Waals surface area contributed by atoms with E-state index in [1.807, 2.05) is 20.8 Å². The van der Waals surface area contributed by atoms with Crippen molar-refractivity contribution in [1.29, 1.82) is 0 Å². The number of amides is 1. The van der Waals surface area contributed by atoms with Crippen LogP contribution in [0.2, 0.25) is 0 Å². The number of nitrogens with one attached hydrogen (secondary N) is 1. The van der Waals surface area contributed by atoms with Crippen LogP contribution in [0.5, 0.6) is 0 Å². The molecule has 1 heterocycles. The van der Waals surface area contributed by atoms with E-state index in [0.717, 1.165) is 5.69 Å². The highest BCUT2D eigenvalue weighted by Gasteiger charge is 2.21. The van der Waals surface area contributed by atoms with Crippen molar-refractivity contribution in [1.82, 2.24) is 4.98 Å². The molecule has 0 saturated carbocycles. The Kier molecular flexibility index (Phi) is 5.07. The molecule has 0 radical (unpaired) electrons. The summed E-state index contributed by atoms with van der Waals surface area (Å²) in [6.07, 6.45) is -0.0315. The minimum absolute atomic E-state index is 0.0315. The summed E-state index contributed by atoms with van der Waals surface area (Å²) in [6, 6.07) is 1.43. The number of aryl methyl sites for hydroxylation is 2. The lowest BCUT2D eigenvalue weighted by Crippen LogP contribution is -2.30. The van der Waals surface area contributed by atoms with Gasteiger partial charge in [0.05, 0.1) is 23.4 Å². The number of hydrogen-bond acceptors (Lipinski definition) is 4. The molecule has 6 nitrogen and oxygen atoms in total. The fraction of sp³-hybridized carbons (Fsp3) is 0.500. The number of carboxylic acids is 1. The number of aromatic nitrogens is 1. The molecule has 0 bridgehead atoms. The molecule has 0 aromatic carbocycles. The van der Waals surface area contributed by atoms with Crippen molar-refractivity contribution in [2.24, 2.45) is 11.7 Å². The third-order valence-electron chi connectivity index (χ3n) is 3.11. The number of carbonyl (C=O) groups excluding carboxylic acids is 1. The smallest absolute Gasteiger partial charge is 0.305 e. The van der Waals surface area contributed by atoms with Crippen LogP contribution in [0.4, 0.5) is 5.69 Å². The van der Waals surface area contributed by atoms with Crippen LogP contribution < -0.4 is 11.1 Å². The summed E-state index contributed by atoms with van der Waals surface area (Å²) in [4.78, 5) is 26.7. The monoisotopic (exact) mass is 279 g/mol. The number of anilines is 1. The van der Waals surface area contributed by atoms with Crippen LogP contribution in [0.1, 0.15) is 42.0 Å². The lowest BCUT2D eigenvalue weighted by Gasteiger charge is -2.23. The second kappa shape index (κ2) is 6.36. The van der Waals surface area contributed by atoms with Crippen molar-refractivity contribution in [3.05, 3.63) is 23.0 Å². The van der Waals surface area contributed by atoms with Gasteiger partial charge in [-0.25, -0.2) is 0 Å². The molecule has 1 aromatic heterocycles. The number of rotatable bonds is 6. The topological polar surface area (TPSA) is 105 Å². The molecule has 0 saturated heterocycles. The van der Waals surface area contributed by atoms with Crippen molar-refractivity contribution < 1.29 is 14.7 Å². The third-order valence-corrected chi connectivity index (χ3v) is 3.11. The van der Waals surface area contributed by atoms with E-state index in [4.69, 9.17) is 10.8 Å². The first-order valence-electron chi connectivity index (χ1n) is 6.48. The quantitative estimate of drug-likeness (QED) is 0.735. The Morgan fingerprint density at radius 2 is 2.00 bits per heavy atom. The molecule has 110 valence electrons. The molecule has 0 aliphatic rings. The van der Waals surface area contributed by atoms with E-state index >= 15 is 0 Å². The normalized spacial score (nSPS) is 12.2. The Morgan fingerprint density at radius 3 is 2.45 bits per heavy atom. The maximum atomic E-state index is 11.6. The van der Waals surface area contributed by atoms with Gasteiger partial charge in [0.15, 0.2) is 0 Å². The summed E-state index contributed by atoms with van der Waals surface area (Å²) in [5.74, 6) is -1.37. The highest BCUT2D eigenvalue weighted by molar-refractivity contribution is 5.99. The predicted octanol–water partition coefficient (Wildman–Crippen LogP) is 1.71. The van der Waals surface area contributed by atoms with Gasteiger partial charge in [0.25, 0.3) is 5.91 Å². The fourth-order valence-electron chi connectivity index (χ4n) is 2.09. The van der Waals surface area contributed by atoms with E-state index in [1.165, 1.54) is 0 Å². The Balaban J connectivity index is 3.17. The van der Waals surface area contributed by atoms with Gasteiger partial charge in [0, 0.05) is 11.7 Å². The maximum absolute atomic E-state index is 11.6. The summed E-state index contributed by atoms with van der Waals surface area (Å²) in [5.41, 5.74) is 7.52. The molecule has 0 aliphatic heterocycles. The van der Waals surface area contributed by atoms with E-state index in [2.05, 4.69) is 10.3 Å². The van der Waals surface area contributed by atoms with Crippen LogP contribution in [0.3, 0.4) is 0 Å². The molecule has 4 N–H and O–H groups in total. The Bertz CT molecular complexity index is 527. The van der Waals surface area contributed by atoms with Gasteiger partial charge in [-0.05, 0) is 25.8 Å². The fourth-order valence-corrected chi connectivity index (χ4v) is 2.09. The van der Waals surface area contributed by atoms with Crippen molar-refractivity contribution >= 4 is 17.6 Å². The second-order valence-electron chi connectivity index (χ2n) is 5.23. The molecule has 0 fully saturated rings. The average molecular weight is 279 g/mol. The predicted molar refractivity (Wildman–Crippen MR) is 76.7 cm³/mol. The number of pyridine rings is 1. The van der Waals surface area contributed by atoms with E-state index < -0.39 is 11.9 Å². The standard InChI is InChI=1S/C14H21N3O3/c1-7(2)10(6-12(18)19)17-11-5-8(3)16-9(4)13(11)14(15)20/h5,7,10H,6H2,1-4H3,(H2,15,20)(H,16,17)(H,18,19). The highest BCUT2D eigenvalue weighted by Crippen LogP contribution is 2.22. The SMILES string of the molecule is Cc1cc(NC(CC(=O)O)C(C)C)c(C(N)=O)c(C)n1. The van der Waals surface area contributed by atoms with Crippen LogP contribution in [0.25, 0.3) is 0 Å². The van der Waals surface area contributed by atoms with Crippen LogP contribution in [0.15, 0.2) is 6.07 Å². The van der Waals surface area contributed by atoms with Crippen LogP contribution in [-0.4, -0.2) is 28.0 Å². The molecule has 20 heavy (non-hydrogen) atoms. The number of nitrogens with two attached hydrogens (primary N) is 1.